The third kappa shape index (κ3) is 4.93. The summed E-state index contributed by atoms with van der Waals surface area (Å²) in [4.78, 5) is 11.1. The number of methoxy groups -OCH3 is 1. The van der Waals surface area contributed by atoms with Gasteiger partial charge in [-0.2, -0.15) is 0 Å². The predicted octanol–water partition coefficient (Wildman–Crippen LogP) is 2.77. The molecule has 0 aromatic heterocycles. The molecular weight excluding hydrogens is 270 g/mol. The smallest absolute Gasteiger partial charge is 0.306 e. The first-order valence-electron chi connectivity index (χ1n) is 7.40. The van der Waals surface area contributed by atoms with Crippen molar-refractivity contribution in [3.8, 4) is 5.75 Å². The minimum Gasteiger partial charge on any atom is -0.491 e. The van der Waals surface area contributed by atoms with Gasteiger partial charge in [-0.3, -0.25) is 4.79 Å². The quantitative estimate of drug-likeness (QED) is 0.757. The number of carboxylic acid groups (broad SMARTS) is 1. The molecule has 1 fully saturated rings. The first-order valence-corrected chi connectivity index (χ1v) is 7.40. The van der Waals surface area contributed by atoms with Crippen molar-refractivity contribution in [1.82, 2.24) is 0 Å². The Balaban J connectivity index is 1.89. The lowest BCUT2D eigenvalue weighted by atomic mass is 9.85. The maximum absolute atomic E-state index is 11.1. The second-order valence-corrected chi connectivity index (χ2v) is 5.41. The van der Waals surface area contributed by atoms with Crippen LogP contribution >= 0.6 is 0 Å². The van der Waals surface area contributed by atoms with Gasteiger partial charge in [0.05, 0.1) is 12.5 Å². The molecule has 1 saturated carbocycles. The van der Waals surface area contributed by atoms with Crippen molar-refractivity contribution in [3.63, 3.8) is 0 Å². The molecule has 1 aromatic carbocycles. The van der Waals surface area contributed by atoms with Gasteiger partial charge in [0, 0.05) is 24.9 Å². The first kappa shape index (κ1) is 15.6. The van der Waals surface area contributed by atoms with Gasteiger partial charge in [-0.1, -0.05) is 12.5 Å². The molecule has 5 heteroatoms. The number of benzene rings is 1. The molecule has 2 rings (SSSR count). The van der Waals surface area contributed by atoms with Gasteiger partial charge >= 0.3 is 5.97 Å². The Labute approximate surface area is 125 Å². The molecule has 0 heterocycles. The molecule has 2 atom stereocenters. The van der Waals surface area contributed by atoms with E-state index in [-0.39, 0.29) is 12.0 Å². The van der Waals surface area contributed by atoms with E-state index in [0.29, 0.717) is 19.6 Å². The van der Waals surface area contributed by atoms with Gasteiger partial charge in [-0.05, 0) is 31.4 Å². The number of anilines is 1. The zero-order valence-electron chi connectivity index (χ0n) is 12.4. The largest absolute Gasteiger partial charge is 0.491 e. The predicted molar refractivity (Wildman–Crippen MR) is 80.8 cm³/mol. The van der Waals surface area contributed by atoms with Crippen LogP contribution in [0.4, 0.5) is 5.69 Å². The van der Waals surface area contributed by atoms with Gasteiger partial charge in [0.1, 0.15) is 12.4 Å². The highest BCUT2D eigenvalue weighted by Gasteiger charge is 2.26. The highest BCUT2D eigenvalue weighted by atomic mass is 16.5. The van der Waals surface area contributed by atoms with E-state index in [1.807, 2.05) is 24.3 Å². The summed E-state index contributed by atoms with van der Waals surface area (Å²) in [5, 5.41) is 12.5. The average molecular weight is 293 g/mol. The molecule has 116 valence electrons. The fourth-order valence-electron chi connectivity index (χ4n) is 2.70. The number of rotatable bonds is 7. The van der Waals surface area contributed by atoms with Crippen LogP contribution in [0.1, 0.15) is 25.7 Å². The fourth-order valence-corrected chi connectivity index (χ4v) is 2.70. The van der Waals surface area contributed by atoms with Crippen LogP contribution in [-0.2, 0) is 9.53 Å². The Morgan fingerprint density at radius 2 is 2.24 bits per heavy atom. The molecule has 0 bridgehead atoms. The maximum Gasteiger partial charge on any atom is 0.306 e. The van der Waals surface area contributed by atoms with Crippen LogP contribution in [0.3, 0.4) is 0 Å². The van der Waals surface area contributed by atoms with Gasteiger partial charge in [0.25, 0.3) is 0 Å². The van der Waals surface area contributed by atoms with E-state index in [9.17, 15) is 4.79 Å². The second kappa shape index (κ2) is 7.88. The summed E-state index contributed by atoms with van der Waals surface area (Å²) in [6.07, 6.45) is 3.44. The summed E-state index contributed by atoms with van der Waals surface area (Å²) in [7, 11) is 1.64. The molecule has 1 aromatic rings. The summed E-state index contributed by atoms with van der Waals surface area (Å²) in [6.45, 7) is 1.07. The standard InChI is InChI=1S/C16H23NO4/c1-20-8-9-21-15-7-3-6-14(11-15)17-13-5-2-4-12(10-13)16(18)19/h3,6-7,11-13,17H,2,4-5,8-10H2,1H3,(H,18,19). The van der Waals surface area contributed by atoms with Gasteiger partial charge in [-0.15, -0.1) is 0 Å². The topological polar surface area (TPSA) is 67.8 Å². The maximum atomic E-state index is 11.1. The first-order chi connectivity index (χ1) is 10.2. The van der Waals surface area contributed by atoms with Crippen LogP contribution in [0.2, 0.25) is 0 Å². The number of ether oxygens (including phenoxy) is 2. The number of aliphatic carboxylic acids is 1. The minimum atomic E-state index is -0.682. The van der Waals surface area contributed by atoms with E-state index in [1.165, 1.54) is 0 Å². The molecule has 1 aliphatic rings. The van der Waals surface area contributed by atoms with Crippen molar-refractivity contribution in [2.75, 3.05) is 25.6 Å². The van der Waals surface area contributed by atoms with Crippen LogP contribution in [0.15, 0.2) is 24.3 Å². The van der Waals surface area contributed by atoms with E-state index in [0.717, 1.165) is 30.7 Å². The van der Waals surface area contributed by atoms with Crippen LogP contribution in [0.5, 0.6) is 5.75 Å². The Bertz CT molecular complexity index is 463. The van der Waals surface area contributed by atoms with Gasteiger partial charge in [0.15, 0.2) is 0 Å². The fraction of sp³-hybridized carbons (Fsp3) is 0.562. The van der Waals surface area contributed by atoms with Crippen molar-refractivity contribution < 1.29 is 19.4 Å². The summed E-state index contributed by atoms with van der Waals surface area (Å²) in [5.41, 5.74) is 0.973. The van der Waals surface area contributed by atoms with Crippen molar-refractivity contribution >= 4 is 11.7 Å². The third-order valence-corrected chi connectivity index (χ3v) is 3.78. The van der Waals surface area contributed by atoms with Gasteiger partial charge in [-0.25, -0.2) is 0 Å². The van der Waals surface area contributed by atoms with Crippen molar-refractivity contribution in [3.05, 3.63) is 24.3 Å². The lowest BCUT2D eigenvalue weighted by molar-refractivity contribution is -0.142. The summed E-state index contributed by atoms with van der Waals surface area (Å²) < 4.78 is 10.5. The summed E-state index contributed by atoms with van der Waals surface area (Å²) in [5.74, 6) is -0.113. The number of nitrogens with one attached hydrogen (secondary N) is 1. The second-order valence-electron chi connectivity index (χ2n) is 5.41. The lowest BCUT2D eigenvalue weighted by Gasteiger charge is -2.28. The summed E-state index contributed by atoms with van der Waals surface area (Å²) in [6, 6.07) is 7.98. The van der Waals surface area contributed by atoms with Crippen molar-refractivity contribution in [2.24, 2.45) is 5.92 Å². The number of hydrogen-bond acceptors (Lipinski definition) is 4. The molecule has 2 N–H and O–H groups in total. The zero-order chi connectivity index (χ0) is 15.1. The molecule has 1 aliphatic carbocycles. The Hall–Kier alpha value is -1.75. The van der Waals surface area contributed by atoms with Crippen LogP contribution < -0.4 is 10.1 Å². The van der Waals surface area contributed by atoms with Gasteiger partial charge in [0.2, 0.25) is 0 Å². The van der Waals surface area contributed by atoms with Gasteiger partial charge < -0.3 is 19.9 Å². The minimum absolute atomic E-state index is 0.217. The Morgan fingerprint density at radius 1 is 1.38 bits per heavy atom. The summed E-state index contributed by atoms with van der Waals surface area (Å²) >= 11 is 0. The molecule has 0 saturated heterocycles. The van der Waals surface area contributed by atoms with Crippen LogP contribution in [-0.4, -0.2) is 37.4 Å². The molecule has 0 radical (unpaired) electrons. The average Bonchev–Trinajstić information content (AvgIpc) is 2.48. The van der Waals surface area contributed by atoms with E-state index in [2.05, 4.69) is 5.32 Å². The zero-order valence-corrected chi connectivity index (χ0v) is 12.4. The normalized spacial score (nSPS) is 21.8. The Morgan fingerprint density at radius 3 is 3.00 bits per heavy atom. The van der Waals surface area contributed by atoms with E-state index >= 15 is 0 Å². The monoisotopic (exact) mass is 293 g/mol. The molecule has 0 spiro atoms. The Kier molecular flexibility index (Phi) is 5.87. The number of carboxylic acids is 1. The van der Waals surface area contributed by atoms with E-state index in [4.69, 9.17) is 14.6 Å². The molecule has 21 heavy (non-hydrogen) atoms. The highest BCUT2D eigenvalue weighted by molar-refractivity contribution is 5.70. The number of hydrogen-bond donors (Lipinski definition) is 2. The van der Waals surface area contributed by atoms with Crippen molar-refractivity contribution in [2.45, 2.75) is 31.7 Å². The molecule has 0 aliphatic heterocycles. The molecule has 2 unspecified atom stereocenters. The van der Waals surface area contributed by atoms with E-state index in [1.54, 1.807) is 7.11 Å². The molecule has 0 amide bonds. The van der Waals surface area contributed by atoms with Crippen LogP contribution in [0.25, 0.3) is 0 Å². The van der Waals surface area contributed by atoms with E-state index < -0.39 is 5.97 Å². The highest BCUT2D eigenvalue weighted by Crippen LogP contribution is 2.28. The van der Waals surface area contributed by atoms with Crippen LogP contribution in [0, 0.1) is 5.92 Å². The molecular formula is C16H23NO4. The third-order valence-electron chi connectivity index (χ3n) is 3.78. The lowest BCUT2D eigenvalue weighted by Crippen LogP contribution is -2.30. The van der Waals surface area contributed by atoms with Crippen molar-refractivity contribution in [1.29, 1.82) is 0 Å². The SMILES string of the molecule is COCCOc1cccc(NC2CCCC(C(=O)O)C2)c1. The molecule has 5 nitrogen and oxygen atoms in total. The number of carbonyl (C=O) groups is 1.